The van der Waals surface area contributed by atoms with E-state index in [1.54, 1.807) is 6.20 Å². The number of nitrogens with one attached hydrogen (secondary N) is 3. The Labute approximate surface area is 286 Å². The summed E-state index contributed by atoms with van der Waals surface area (Å²) >= 11 is 0. The van der Waals surface area contributed by atoms with Crippen molar-refractivity contribution >= 4 is 34.4 Å². The minimum atomic E-state index is -0.303. The molecule has 0 saturated carbocycles. The maximum absolute atomic E-state index is 13.6. The molecule has 3 N–H and O–H groups in total. The lowest BCUT2D eigenvalue weighted by Gasteiger charge is -2.39. The van der Waals surface area contributed by atoms with Crippen molar-refractivity contribution in [3.8, 4) is 11.4 Å². The van der Waals surface area contributed by atoms with Crippen molar-refractivity contribution < 1.29 is 14.4 Å². The van der Waals surface area contributed by atoms with Crippen LogP contribution >= 0.6 is 0 Å². The van der Waals surface area contributed by atoms with Crippen molar-refractivity contribution in [1.29, 1.82) is 0 Å². The van der Waals surface area contributed by atoms with Gasteiger partial charge in [-0.05, 0) is 79.7 Å². The zero-order chi connectivity index (χ0) is 33.7. The lowest BCUT2D eigenvalue weighted by atomic mass is 9.76. The van der Waals surface area contributed by atoms with Gasteiger partial charge in [0.05, 0.1) is 11.6 Å². The molecule has 11 nitrogen and oxygen atoms in total. The maximum Gasteiger partial charge on any atom is 0.254 e. The molecular weight excluding hydrogens is 616 g/mol. The van der Waals surface area contributed by atoms with Crippen LogP contribution in [-0.4, -0.2) is 93.5 Å². The fourth-order valence-corrected chi connectivity index (χ4v) is 8.29. The van der Waals surface area contributed by atoms with Gasteiger partial charge in [-0.25, -0.2) is 4.98 Å². The average Bonchev–Trinajstić information content (AvgIpc) is 3.71. The molecule has 3 saturated heterocycles. The summed E-state index contributed by atoms with van der Waals surface area (Å²) in [7, 11) is 0. The molecule has 1 aliphatic carbocycles. The molecule has 4 aliphatic rings. The predicted molar refractivity (Wildman–Crippen MR) is 188 cm³/mol. The number of hydrogen-bond acceptors (Lipinski definition) is 7. The number of piperidine rings is 2. The van der Waals surface area contributed by atoms with Gasteiger partial charge in [0.25, 0.3) is 5.91 Å². The summed E-state index contributed by atoms with van der Waals surface area (Å²) in [5.74, 6) is 0.940. The highest BCUT2D eigenvalue weighted by atomic mass is 16.2. The van der Waals surface area contributed by atoms with Crippen LogP contribution in [0.1, 0.15) is 79.0 Å². The lowest BCUT2D eigenvalue weighted by molar-refractivity contribution is -0.134. The fraction of sp³-hybridized carbons (Fsp3) is 0.500. The second-order valence-corrected chi connectivity index (χ2v) is 15.3. The smallest absolute Gasteiger partial charge is 0.254 e. The predicted octanol–water partition coefficient (Wildman–Crippen LogP) is 4.66. The molecule has 3 fully saturated rings. The Hall–Kier alpha value is -4.51. The summed E-state index contributed by atoms with van der Waals surface area (Å²) < 4.78 is 0. The second-order valence-electron chi connectivity index (χ2n) is 15.3. The third-order valence-corrected chi connectivity index (χ3v) is 11.3. The van der Waals surface area contributed by atoms with Gasteiger partial charge in [-0.3, -0.25) is 29.7 Å². The van der Waals surface area contributed by atoms with Gasteiger partial charge in [0.1, 0.15) is 11.5 Å². The van der Waals surface area contributed by atoms with Gasteiger partial charge >= 0.3 is 0 Å². The number of pyridine rings is 1. The molecule has 6 heterocycles. The van der Waals surface area contributed by atoms with Crippen LogP contribution in [0.4, 0.5) is 5.82 Å². The Balaban J connectivity index is 0.820. The maximum atomic E-state index is 13.6. The highest BCUT2D eigenvalue weighted by molar-refractivity contribution is 6.01. The van der Waals surface area contributed by atoms with Gasteiger partial charge in [-0.15, -0.1) is 0 Å². The highest BCUT2D eigenvalue weighted by Gasteiger charge is 2.31. The first-order valence-corrected chi connectivity index (χ1v) is 17.9. The standard InChI is InChI=1S/C38H46N8O3/c1-38(2)12-9-29-32(21-38)42-43-35(29)31-19-25-3-4-26(20-30(25)40-31)37(49)46-17-15-44(16-18-46)23-24-10-13-45(14-11-24)33-7-5-27(22-39-33)28-6-8-34(47)41-36(28)48/h3-5,7,19-20,22,24,28,40H,6,8-18,21,23H2,1-2H3,(H,42,43)(H,41,47,48). The van der Waals surface area contributed by atoms with Crippen molar-refractivity contribution in [2.24, 2.45) is 11.3 Å². The van der Waals surface area contributed by atoms with Crippen molar-refractivity contribution in [2.75, 3.05) is 50.7 Å². The molecule has 49 heavy (non-hydrogen) atoms. The van der Waals surface area contributed by atoms with Crippen LogP contribution in [0.15, 0.2) is 42.6 Å². The Morgan fingerprint density at radius 1 is 0.959 bits per heavy atom. The number of piperazine rings is 1. The normalized spacial score (nSPS) is 22.0. The molecular formula is C38H46N8O3. The minimum absolute atomic E-state index is 0.0986. The van der Waals surface area contributed by atoms with E-state index in [0.29, 0.717) is 24.2 Å². The number of fused-ring (bicyclic) bond motifs is 2. The number of nitrogens with zero attached hydrogens (tertiary/aromatic N) is 5. The quantitative estimate of drug-likeness (QED) is 0.256. The third-order valence-electron chi connectivity index (χ3n) is 11.3. The first kappa shape index (κ1) is 31.7. The van der Waals surface area contributed by atoms with Crippen LogP contribution in [0.5, 0.6) is 0 Å². The number of amides is 3. The molecule has 11 heteroatoms. The molecule has 0 radical (unpaired) electrons. The van der Waals surface area contributed by atoms with Crippen molar-refractivity contribution in [2.45, 2.75) is 64.7 Å². The fourth-order valence-electron chi connectivity index (χ4n) is 8.29. The zero-order valence-electron chi connectivity index (χ0n) is 28.6. The number of aromatic nitrogens is 4. The second kappa shape index (κ2) is 12.7. The van der Waals surface area contributed by atoms with Crippen molar-refractivity contribution in [3.05, 3.63) is 65.0 Å². The van der Waals surface area contributed by atoms with Crippen LogP contribution in [-0.2, 0) is 22.4 Å². The highest BCUT2D eigenvalue weighted by Crippen LogP contribution is 2.38. The number of aromatic amines is 2. The Kier molecular flexibility index (Phi) is 8.26. The van der Waals surface area contributed by atoms with Crippen LogP contribution < -0.4 is 10.2 Å². The molecule has 3 aliphatic heterocycles. The van der Waals surface area contributed by atoms with E-state index < -0.39 is 0 Å². The van der Waals surface area contributed by atoms with E-state index in [0.717, 1.165) is 117 Å². The number of anilines is 1. The molecule has 1 aromatic carbocycles. The van der Waals surface area contributed by atoms with E-state index in [4.69, 9.17) is 0 Å². The third kappa shape index (κ3) is 6.48. The topological polar surface area (TPSA) is 130 Å². The Morgan fingerprint density at radius 2 is 1.78 bits per heavy atom. The number of rotatable bonds is 6. The largest absolute Gasteiger partial charge is 0.357 e. The number of benzene rings is 1. The van der Waals surface area contributed by atoms with E-state index in [2.05, 4.69) is 61.3 Å². The van der Waals surface area contributed by atoms with Gasteiger partial charge in [0, 0.05) is 86.2 Å². The first-order chi connectivity index (χ1) is 23.7. The Morgan fingerprint density at radius 3 is 2.53 bits per heavy atom. The number of carbonyl (C=O) groups excluding carboxylic acids is 3. The summed E-state index contributed by atoms with van der Waals surface area (Å²) in [6.45, 7) is 10.9. The molecule has 3 amide bonds. The average molecular weight is 663 g/mol. The van der Waals surface area contributed by atoms with E-state index in [1.165, 1.54) is 11.3 Å². The lowest BCUT2D eigenvalue weighted by Crippen LogP contribution is -2.50. The van der Waals surface area contributed by atoms with Gasteiger partial charge in [0.15, 0.2) is 0 Å². The zero-order valence-corrected chi connectivity index (χ0v) is 28.6. The first-order valence-electron chi connectivity index (χ1n) is 17.9. The van der Waals surface area contributed by atoms with Crippen molar-refractivity contribution in [1.82, 2.24) is 35.3 Å². The van der Waals surface area contributed by atoms with E-state index in [-0.39, 0.29) is 23.6 Å². The molecule has 256 valence electrons. The number of carbonyl (C=O) groups is 3. The van der Waals surface area contributed by atoms with E-state index >= 15 is 0 Å². The van der Waals surface area contributed by atoms with Gasteiger partial charge < -0.3 is 14.8 Å². The van der Waals surface area contributed by atoms with Gasteiger partial charge in [0.2, 0.25) is 11.8 Å². The van der Waals surface area contributed by atoms with Gasteiger partial charge in [-0.1, -0.05) is 26.0 Å². The minimum Gasteiger partial charge on any atom is -0.357 e. The van der Waals surface area contributed by atoms with Crippen LogP contribution in [0, 0.1) is 11.3 Å². The van der Waals surface area contributed by atoms with Crippen LogP contribution in [0.2, 0.25) is 0 Å². The van der Waals surface area contributed by atoms with Crippen molar-refractivity contribution in [3.63, 3.8) is 0 Å². The monoisotopic (exact) mass is 662 g/mol. The SMILES string of the molecule is CC1(C)CCc2c(-c3cc4ccc(C(=O)N5CCN(CC6CCN(c7ccc(C8CCC(=O)NC8=O)cn7)CC6)CC5)cc4[nH]3)n[nH]c2C1. The summed E-state index contributed by atoms with van der Waals surface area (Å²) in [5.41, 5.74) is 7.45. The van der Waals surface area contributed by atoms with E-state index in [9.17, 15) is 14.4 Å². The van der Waals surface area contributed by atoms with Crippen LogP contribution in [0.25, 0.3) is 22.3 Å². The van der Waals surface area contributed by atoms with Crippen LogP contribution in [0.3, 0.4) is 0 Å². The molecule has 0 spiro atoms. The molecule has 0 bridgehead atoms. The number of imide groups is 1. The number of H-pyrrole nitrogens is 2. The molecule has 3 aromatic heterocycles. The molecule has 1 atom stereocenters. The molecule has 4 aromatic rings. The summed E-state index contributed by atoms with van der Waals surface area (Å²) in [6.07, 6.45) is 8.11. The van der Waals surface area contributed by atoms with Gasteiger partial charge in [-0.2, -0.15) is 5.10 Å². The summed E-state index contributed by atoms with van der Waals surface area (Å²) in [5, 5.41) is 11.5. The number of hydrogen-bond donors (Lipinski definition) is 3. The molecule has 1 unspecified atom stereocenters. The van der Waals surface area contributed by atoms with E-state index in [1.807, 2.05) is 29.2 Å². The Bertz CT molecular complexity index is 1880. The summed E-state index contributed by atoms with van der Waals surface area (Å²) in [4.78, 5) is 52.4. The molecule has 8 rings (SSSR count). The summed E-state index contributed by atoms with van der Waals surface area (Å²) in [6, 6.07) is 12.2.